The summed E-state index contributed by atoms with van der Waals surface area (Å²) in [5.74, 6) is -0.259. The highest BCUT2D eigenvalue weighted by atomic mass is 32.2. The van der Waals surface area contributed by atoms with E-state index in [1.54, 1.807) is 18.2 Å². The third-order valence-electron chi connectivity index (χ3n) is 3.65. The first kappa shape index (κ1) is 21.2. The molecule has 0 saturated carbocycles. The number of aromatic nitrogens is 1. The van der Waals surface area contributed by atoms with Crippen LogP contribution in [0.5, 0.6) is 0 Å². The molecule has 0 fully saturated rings. The minimum atomic E-state index is -4.02. The molecule has 2 N–H and O–H groups in total. The van der Waals surface area contributed by atoms with Crippen LogP contribution < -0.4 is 4.80 Å². The third kappa shape index (κ3) is 5.96. The fourth-order valence-electron chi connectivity index (χ4n) is 2.29. The number of hydrogen-bond donors (Lipinski definition) is 2. The van der Waals surface area contributed by atoms with Crippen molar-refractivity contribution in [1.29, 1.82) is 5.41 Å². The molecule has 0 unspecified atom stereocenters. The van der Waals surface area contributed by atoms with Gasteiger partial charge in [0.15, 0.2) is 4.80 Å². The average molecular weight is 413 g/mol. The highest BCUT2D eigenvalue weighted by molar-refractivity contribution is 7.85. The Labute approximate surface area is 161 Å². The Balaban J connectivity index is 0.000000208. The maximum absolute atomic E-state index is 13.0. The first-order valence-electron chi connectivity index (χ1n) is 8.17. The lowest BCUT2D eigenvalue weighted by molar-refractivity contribution is 0.139. The number of fused-ring (bicyclic) bond motifs is 1. The number of nitrogens with zero attached hydrogens (tertiary/aromatic N) is 1. The van der Waals surface area contributed by atoms with Crippen molar-refractivity contribution >= 4 is 31.7 Å². The zero-order valence-corrected chi connectivity index (χ0v) is 16.6. The lowest BCUT2D eigenvalue weighted by Crippen LogP contribution is -2.16. The van der Waals surface area contributed by atoms with Gasteiger partial charge in [0.25, 0.3) is 10.1 Å². The molecule has 6 nitrogen and oxygen atoms in total. The van der Waals surface area contributed by atoms with Crippen LogP contribution in [-0.2, 0) is 21.4 Å². The fourth-order valence-corrected chi connectivity index (χ4v) is 3.74. The molecule has 0 spiro atoms. The molecule has 9 heteroatoms. The molecule has 0 aliphatic rings. The molecule has 27 heavy (non-hydrogen) atoms. The van der Waals surface area contributed by atoms with Crippen molar-refractivity contribution < 1.29 is 22.1 Å². The quantitative estimate of drug-likeness (QED) is 0.495. The van der Waals surface area contributed by atoms with E-state index < -0.39 is 10.1 Å². The SMILES string of the molecule is CCOCCn1c(=N)sc2cc(F)ccc21.Cc1ccc(S(=O)(=O)O)cc1. The monoisotopic (exact) mass is 412 g/mol. The van der Waals surface area contributed by atoms with Gasteiger partial charge in [-0.2, -0.15) is 8.42 Å². The van der Waals surface area contributed by atoms with E-state index in [-0.39, 0.29) is 10.7 Å². The van der Waals surface area contributed by atoms with E-state index in [0.29, 0.717) is 24.6 Å². The summed E-state index contributed by atoms with van der Waals surface area (Å²) in [4.78, 5) is 0.364. The highest BCUT2D eigenvalue weighted by Gasteiger charge is 2.07. The van der Waals surface area contributed by atoms with Crippen LogP contribution >= 0.6 is 11.3 Å². The molecule has 3 rings (SSSR count). The van der Waals surface area contributed by atoms with Crippen LogP contribution in [0.4, 0.5) is 4.39 Å². The van der Waals surface area contributed by atoms with Crippen molar-refractivity contribution in [3.05, 3.63) is 58.6 Å². The van der Waals surface area contributed by atoms with Crippen LogP contribution in [-0.4, -0.2) is 30.8 Å². The Kier molecular flexibility index (Phi) is 7.25. The summed E-state index contributed by atoms with van der Waals surface area (Å²) >= 11 is 1.29. The molecule has 0 saturated heterocycles. The summed E-state index contributed by atoms with van der Waals surface area (Å²) in [6.07, 6.45) is 0. The number of hydrogen-bond acceptors (Lipinski definition) is 5. The Morgan fingerprint density at radius 1 is 1.22 bits per heavy atom. The van der Waals surface area contributed by atoms with E-state index >= 15 is 0 Å². The van der Waals surface area contributed by atoms with Gasteiger partial charge >= 0.3 is 0 Å². The van der Waals surface area contributed by atoms with Gasteiger partial charge in [0.1, 0.15) is 5.82 Å². The smallest absolute Gasteiger partial charge is 0.294 e. The van der Waals surface area contributed by atoms with Crippen LogP contribution in [0.15, 0.2) is 47.4 Å². The first-order chi connectivity index (χ1) is 12.7. The predicted molar refractivity (Wildman–Crippen MR) is 103 cm³/mol. The highest BCUT2D eigenvalue weighted by Crippen LogP contribution is 2.18. The van der Waals surface area contributed by atoms with Gasteiger partial charge in [-0.25, -0.2) is 4.39 Å². The van der Waals surface area contributed by atoms with Crippen molar-refractivity contribution in [2.45, 2.75) is 25.3 Å². The van der Waals surface area contributed by atoms with E-state index in [9.17, 15) is 12.8 Å². The molecule has 0 aliphatic carbocycles. The van der Waals surface area contributed by atoms with Crippen molar-refractivity contribution in [3.8, 4) is 0 Å². The van der Waals surface area contributed by atoms with E-state index in [4.69, 9.17) is 14.7 Å². The van der Waals surface area contributed by atoms with E-state index in [1.165, 1.54) is 35.6 Å². The Hall–Kier alpha value is -2.07. The Morgan fingerprint density at radius 2 is 1.89 bits per heavy atom. The van der Waals surface area contributed by atoms with Gasteiger partial charge in [0, 0.05) is 13.2 Å². The molecular weight excluding hydrogens is 391 g/mol. The molecular formula is C18H21FN2O4S2. The van der Waals surface area contributed by atoms with Gasteiger partial charge in [-0.15, -0.1) is 0 Å². The minimum absolute atomic E-state index is 0.0666. The molecule has 0 bridgehead atoms. The van der Waals surface area contributed by atoms with Crippen LogP contribution in [0, 0.1) is 18.2 Å². The van der Waals surface area contributed by atoms with E-state index in [1.807, 2.05) is 18.4 Å². The normalized spacial score (nSPS) is 11.3. The second-order valence-electron chi connectivity index (χ2n) is 5.66. The average Bonchev–Trinajstić information content (AvgIpc) is 2.90. The maximum Gasteiger partial charge on any atom is 0.294 e. The summed E-state index contributed by atoms with van der Waals surface area (Å²) < 4.78 is 50.5. The standard InChI is InChI=1S/C11H13FN2OS.C7H8O3S/c1-2-15-6-5-14-9-4-3-8(12)7-10(9)16-11(14)13;1-6-2-4-7(5-3-6)11(8,9)10/h3-4,7,13H,2,5-6H2,1H3;2-5H,1H3,(H,8,9,10). The summed E-state index contributed by atoms with van der Waals surface area (Å²) in [6, 6.07) is 10.6. The molecule has 0 amide bonds. The number of benzene rings is 2. The summed E-state index contributed by atoms with van der Waals surface area (Å²) in [7, 11) is -4.02. The molecule has 2 aromatic carbocycles. The Bertz CT molecular complexity index is 1060. The summed E-state index contributed by atoms with van der Waals surface area (Å²) in [5, 5.41) is 7.81. The van der Waals surface area contributed by atoms with Crippen molar-refractivity contribution in [2.24, 2.45) is 0 Å². The zero-order chi connectivity index (χ0) is 20.0. The van der Waals surface area contributed by atoms with Gasteiger partial charge in [0.05, 0.1) is 21.7 Å². The topological polar surface area (TPSA) is 92.4 Å². The number of ether oxygens (including phenoxy) is 1. The number of nitrogens with one attached hydrogen (secondary N) is 1. The van der Waals surface area contributed by atoms with Crippen LogP contribution in [0.3, 0.4) is 0 Å². The maximum atomic E-state index is 13.0. The van der Waals surface area contributed by atoms with E-state index in [2.05, 4.69) is 0 Å². The number of aryl methyl sites for hydroxylation is 1. The van der Waals surface area contributed by atoms with Crippen LogP contribution in [0.2, 0.25) is 0 Å². The molecule has 3 aromatic rings. The Morgan fingerprint density at radius 3 is 2.48 bits per heavy atom. The van der Waals surface area contributed by atoms with Gasteiger partial charge in [-0.3, -0.25) is 9.96 Å². The molecule has 0 radical (unpaired) electrons. The number of rotatable bonds is 5. The van der Waals surface area contributed by atoms with Crippen molar-refractivity contribution in [1.82, 2.24) is 4.57 Å². The summed E-state index contributed by atoms with van der Waals surface area (Å²) in [5.41, 5.74) is 1.86. The van der Waals surface area contributed by atoms with E-state index in [0.717, 1.165) is 15.8 Å². The molecule has 0 atom stereocenters. The fraction of sp³-hybridized carbons (Fsp3) is 0.278. The molecule has 0 aliphatic heterocycles. The van der Waals surface area contributed by atoms with Crippen molar-refractivity contribution in [3.63, 3.8) is 0 Å². The molecule has 1 aromatic heterocycles. The molecule has 146 valence electrons. The second-order valence-corrected chi connectivity index (χ2v) is 8.11. The number of halogens is 1. The van der Waals surface area contributed by atoms with Gasteiger partial charge in [-0.1, -0.05) is 29.0 Å². The summed E-state index contributed by atoms with van der Waals surface area (Å²) in [6.45, 7) is 5.67. The lowest BCUT2D eigenvalue weighted by Gasteiger charge is -2.04. The lowest BCUT2D eigenvalue weighted by atomic mass is 10.2. The van der Waals surface area contributed by atoms with Gasteiger partial charge in [-0.05, 0) is 44.2 Å². The number of thiazole rings is 1. The van der Waals surface area contributed by atoms with Crippen LogP contribution in [0.1, 0.15) is 12.5 Å². The third-order valence-corrected chi connectivity index (χ3v) is 5.48. The minimum Gasteiger partial charge on any atom is -0.380 e. The largest absolute Gasteiger partial charge is 0.380 e. The van der Waals surface area contributed by atoms with Crippen molar-refractivity contribution in [2.75, 3.05) is 13.2 Å². The zero-order valence-electron chi connectivity index (χ0n) is 15.0. The second kappa shape index (κ2) is 9.23. The first-order valence-corrected chi connectivity index (χ1v) is 10.4. The van der Waals surface area contributed by atoms with Gasteiger partial charge < -0.3 is 9.30 Å². The van der Waals surface area contributed by atoms with Gasteiger partial charge in [0.2, 0.25) is 0 Å². The predicted octanol–water partition coefficient (Wildman–Crippen LogP) is 3.60. The molecule has 1 heterocycles. The van der Waals surface area contributed by atoms with Crippen LogP contribution in [0.25, 0.3) is 10.2 Å².